The van der Waals surface area contributed by atoms with E-state index in [0.29, 0.717) is 0 Å². The molecule has 33 heteroatoms. The summed E-state index contributed by atoms with van der Waals surface area (Å²) in [6.07, 6.45) is -24.9. The first-order chi connectivity index (χ1) is 32.0. The lowest BCUT2D eigenvalue weighted by atomic mass is 9.84. The Bertz CT molecular complexity index is 2540. The Labute approximate surface area is 385 Å². The highest BCUT2D eigenvalue weighted by atomic mass is 31.2. The Morgan fingerprint density at radius 1 is 0.391 bits per heavy atom. The molecule has 3 aromatic rings. The second-order valence-electron chi connectivity index (χ2n) is 13.4. The smallest absolute Gasteiger partial charge is 0.439 e. The third kappa shape index (κ3) is 16.7. The van der Waals surface area contributed by atoms with E-state index in [-0.39, 0.29) is 0 Å². The highest BCUT2D eigenvalue weighted by molar-refractivity contribution is 7.47. The van der Waals surface area contributed by atoms with Gasteiger partial charge in [0.2, 0.25) is 0 Å². The van der Waals surface area contributed by atoms with Crippen molar-refractivity contribution in [2.24, 2.45) is 0 Å². The third-order valence-electron chi connectivity index (χ3n) is 8.25. The van der Waals surface area contributed by atoms with Crippen LogP contribution >= 0.6 is 23.5 Å². The van der Waals surface area contributed by atoms with Crippen LogP contribution in [0.1, 0.15) is 51.8 Å². The number of ether oxygens (including phenoxy) is 6. The number of hydrogen-bond acceptors (Lipinski definition) is 21. The summed E-state index contributed by atoms with van der Waals surface area (Å²) in [5.41, 5.74) is -1.73. The van der Waals surface area contributed by atoms with Gasteiger partial charge in [-0.15, -0.1) is 0 Å². The van der Waals surface area contributed by atoms with Crippen molar-refractivity contribution in [3.05, 3.63) is 89.5 Å². The van der Waals surface area contributed by atoms with Crippen molar-refractivity contribution >= 4 is 77.4 Å². The van der Waals surface area contributed by atoms with Crippen LogP contribution in [0.15, 0.2) is 72.8 Å². The zero-order valence-corrected chi connectivity index (χ0v) is 37.7. The number of carbonyl (C=O) groups is 9. The van der Waals surface area contributed by atoms with E-state index in [1.165, 1.54) is 36.4 Å². The van der Waals surface area contributed by atoms with Crippen molar-refractivity contribution < 1.29 is 128 Å². The van der Waals surface area contributed by atoms with E-state index in [4.69, 9.17) is 28.4 Å². The maximum absolute atomic E-state index is 13.7. The molecule has 0 heterocycles. The molecule has 0 aliphatic heterocycles. The monoisotopic (exact) mass is 1040 g/mol. The summed E-state index contributed by atoms with van der Waals surface area (Å²) in [5, 5.41) is 4.75. The number of alkyl carbamates (subject to hydrolysis) is 3. The average Bonchev–Trinajstić information content (AvgIpc) is 3.20. The van der Waals surface area contributed by atoms with E-state index < -0.39 is 148 Å². The molecule has 1 fully saturated rings. The topological polar surface area (TPSA) is 445 Å². The highest BCUT2D eigenvalue weighted by Gasteiger charge is 2.62. The minimum Gasteiger partial charge on any atom is -0.439 e. The Balaban J connectivity index is 1.92. The second-order valence-corrected chi connectivity index (χ2v) is 17.0. The van der Waals surface area contributed by atoms with Gasteiger partial charge in [-0.25, -0.2) is 28.1 Å². The molecule has 1 aliphatic rings. The Hall–Kier alpha value is -6.78. The third-order valence-corrected chi connectivity index (χ3v) is 9.81. The fourth-order valence-electron chi connectivity index (χ4n) is 5.99. The molecule has 1 aliphatic carbocycles. The molecule has 3 aromatic carbocycles. The van der Waals surface area contributed by atoms with Gasteiger partial charge in [-0.05, 0) is 36.4 Å². The number of phosphoric ester groups is 3. The number of imide groups is 3. The SMILES string of the molecule is CC(=O)Oc1ccccc1C(=O)NC(=O)OC1[C@@H](OC(=O)NC(=O)c2ccccc2OC(C)=O)[C@H](OP(=O)(O)O)C(OP(=O)(O)O)[C@@H](OP(=O)(O)O)[C@H]1OC(=O)NC(=O)c1ccccc1OC(C)=O. The first kappa shape index (κ1) is 54.8. The van der Waals surface area contributed by atoms with Crippen LogP contribution in [0, 0.1) is 0 Å². The molecule has 2 unspecified atom stereocenters. The van der Waals surface area contributed by atoms with Crippen molar-refractivity contribution in [2.45, 2.75) is 57.4 Å². The summed E-state index contributed by atoms with van der Waals surface area (Å²) < 4.78 is 81.5. The quantitative estimate of drug-likeness (QED) is 0.0444. The van der Waals surface area contributed by atoms with Crippen LogP contribution in [0.3, 0.4) is 0 Å². The molecule has 1 saturated carbocycles. The van der Waals surface area contributed by atoms with Gasteiger partial charge in [0, 0.05) is 20.8 Å². The van der Waals surface area contributed by atoms with Crippen molar-refractivity contribution in [1.82, 2.24) is 16.0 Å². The highest BCUT2D eigenvalue weighted by Crippen LogP contribution is 2.51. The molecule has 6 amide bonds. The predicted molar refractivity (Wildman–Crippen MR) is 217 cm³/mol. The molecule has 0 aromatic heterocycles. The predicted octanol–water partition coefficient (Wildman–Crippen LogP) is 1.02. The molecule has 0 saturated heterocycles. The Morgan fingerprint density at radius 2 is 0.609 bits per heavy atom. The fourth-order valence-corrected chi connectivity index (χ4v) is 7.66. The lowest BCUT2D eigenvalue weighted by Crippen LogP contribution is -2.68. The number of benzene rings is 3. The molecule has 0 bridgehead atoms. The van der Waals surface area contributed by atoms with Gasteiger partial charge >= 0.3 is 59.7 Å². The fraction of sp³-hybridized carbons (Fsp3) is 0.250. The summed E-state index contributed by atoms with van der Waals surface area (Å²) in [5.74, 6) is -8.74. The maximum atomic E-state index is 13.7. The molecular weight excluding hydrogens is 999 g/mol. The number of carbonyl (C=O) groups excluding carboxylic acids is 9. The number of rotatable bonds is 15. The first-order valence-electron chi connectivity index (χ1n) is 18.6. The Morgan fingerprint density at radius 3 is 0.841 bits per heavy atom. The number of para-hydroxylation sites is 3. The van der Waals surface area contributed by atoms with Gasteiger partial charge in [0.05, 0.1) is 16.7 Å². The van der Waals surface area contributed by atoms with Crippen molar-refractivity contribution in [3.63, 3.8) is 0 Å². The Kier molecular flexibility index (Phi) is 18.3. The molecule has 4 rings (SSSR count). The molecular formula is C36H36N3O27P3. The summed E-state index contributed by atoms with van der Waals surface area (Å²) in [7, 11) is -18.6. The van der Waals surface area contributed by atoms with Crippen molar-refractivity contribution in [3.8, 4) is 17.2 Å². The number of phosphoric acid groups is 3. The van der Waals surface area contributed by atoms with E-state index in [1.807, 2.05) is 0 Å². The standard InChI is InChI=1S/C36H36N3O27P3/c1-16(40)58-22-13-7-4-10-19(22)31(43)37-34(46)61-25-26(62-35(47)38-32(44)20-11-5-8-14-23(20)59-17(2)41)28(64-67(49,50)51)30(66-69(55,56)57)29(65-68(52,53)54)27(25)63-36(48)39-33(45)21-12-6-9-15-24(21)60-18(3)42/h4-15,25-30H,1-3H3,(H,37,43,46)(H,38,44,47)(H,39,45,48)(H2,49,50,51)(H2,52,53,54)(H2,55,56,57)/t25?,26-,27+,28-,29-,30?/m0/s1. The number of nitrogens with one attached hydrogen (secondary N) is 3. The van der Waals surface area contributed by atoms with E-state index in [2.05, 4.69) is 13.6 Å². The zero-order chi connectivity index (χ0) is 51.6. The maximum Gasteiger partial charge on any atom is 0.470 e. The zero-order valence-electron chi connectivity index (χ0n) is 35.0. The van der Waals surface area contributed by atoms with Crippen LogP contribution < -0.4 is 30.2 Å². The molecule has 0 radical (unpaired) electrons. The summed E-state index contributed by atoms with van der Waals surface area (Å²) >= 11 is 0. The number of esters is 3. The van der Waals surface area contributed by atoms with Gasteiger partial charge in [0.25, 0.3) is 17.7 Å². The van der Waals surface area contributed by atoms with Gasteiger partial charge in [0.15, 0.2) is 18.3 Å². The van der Waals surface area contributed by atoms with E-state index in [0.717, 1.165) is 57.2 Å². The largest absolute Gasteiger partial charge is 0.470 e. The summed E-state index contributed by atoms with van der Waals surface area (Å²) in [4.78, 5) is 176. The minimum atomic E-state index is -6.21. The summed E-state index contributed by atoms with van der Waals surface area (Å²) in [6.45, 7) is 2.81. The number of amides is 6. The molecule has 69 heavy (non-hydrogen) atoms. The molecule has 372 valence electrons. The van der Waals surface area contributed by atoms with E-state index in [1.54, 1.807) is 16.0 Å². The van der Waals surface area contributed by atoms with Gasteiger partial charge in [-0.2, -0.15) is 0 Å². The molecule has 6 atom stereocenters. The van der Waals surface area contributed by atoms with E-state index in [9.17, 15) is 86.2 Å². The first-order valence-corrected chi connectivity index (χ1v) is 23.2. The minimum absolute atomic E-state index is 0.466. The second kappa shape index (κ2) is 23.0. The van der Waals surface area contributed by atoms with Crippen LogP contribution in [0.4, 0.5) is 14.4 Å². The van der Waals surface area contributed by atoms with Gasteiger partial charge in [-0.1, -0.05) is 36.4 Å². The van der Waals surface area contributed by atoms with Gasteiger partial charge in [0.1, 0.15) is 35.6 Å². The van der Waals surface area contributed by atoms with Crippen LogP contribution in [0.25, 0.3) is 0 Å². The lowest BCUT2D eigenvalue weighted by Gasteiger charge is -2.47. The van der Waals surface area contributed by atoms with Gasteiger partial charge < -0.3 is 57.8 Å². The molecule has 30 nitrogen and oxygen atoms in total. The van der Waals surface area contributed by atoms with Crippen molar-refractivity contribution in [2.75, 3.05) is 0 Å². The molecule has 9 N–H and O–H groups in total. The van der Waals surface area contributed by atoms with Gasteiger partial charge in [-0.3, -0.25) is 58.3 Å². The van der Waals surface area contributed by atoms with Crippen molar-refractivity contribution in [1.29, 1.82) is 0 Å². The lowest BCUT2D eigenvalue weighted by molar-refractivity contribution is -0.211. The normalized spacial score (nSPS) is 19.1. The van der Waals surface area contributed by atoms with Crippen LogP contribution in [0.2, 0.25) is 0 Å². The van der Waals surface area contributed by atoms with Crippen LogP contribution in [-0.4, -0.2) is 120 Å². The van der Waals surface area contributed by atoms with Crippen LogP contribution in [-0.2, 0) is 55.9 Å². The number of hydrogen-bond donors (Lipinski definition) is 9. The van der Waals surface area contributed by atoms with Crippen LogP contribution in [0.5, 0.6) is 17.2 Å². The summed E-state index contributed by atoms with van der Waals surface area (Å²) in [6, 6.07) is 13.7. The molecule has 0 spiro atoms. The van der Waals surface area contributed by atoms with E-state index >= 15 is 0 Å². The average molecular weight is 1040 g/mol.